The average Bonchev–Trinajstić information content (AvgIpc) is 3.20. The fourth-order valence-electron chi connectivity index (χ4n) is 4.19. The van der Waals surface area contributed by atoms with E-state index in [9.17, 15) is 13.6 Å². The Balaban J connectivity index is 1.34. The molecule has 0 aliphatic heterocycles. The highest BCUT2D eigenvalue weighted by atomic mass is 19.3. The van der Waals surface area contributed by atoms with Crippen molar-refractivity contribution in [2.75, 3.05) is 0 Å². The van der Waals surface area contributed by atoms with Crippen LogP contribution in [0.1, 0.15) is 50.5 Å². The third kappa shape index (κ3) is 2.94. The largest absolute Gasteiger partial charge is 0.435 e. The molecule has 0 atom stereocenters. The van der Waals surface area contributed by atoms with Crippen molar-refractivity contribution < 1.29 is 18.3 Å². The predicted octanol–water partition coefficient (Wildman–Crippen LogP) is 3.91. The van der Waals surface area contributed by atoms with E-state index in [2.05, 4.69) is 15.4 Å². The number of benzene rings is 1. The molecule has 3 saturated carbocycles. The highest BCUT2D eigenvalue weighted by Gasteiger charge is 2.50. The Bertz CT molecular complexity index is 634. The van der Waals surface area contributed by atoms with Crippen LogP contribution in [0.5, 0.6) is 5.75 Å². The monoisotopic (exact) mass is 336 g/mol. The summed E-state index contributed by atoms with van der Waals surface area (Å²) in [7, 11) is 0. The van der Waals surface area contributed by atoms with E-state index in [-0.39, 0.29) is 17.8 Å². The number of alkyl halides is 2. The van der Waals surface area contributed by atoms with Gasteiger partial charge in [0.15, 0.2) is 0 Å². The Labute approximate surface area is 139 Å². The first-order valence-corrected chi connectivity index (χ1v) is 8.63. The molecule has 1 aromatic rings. The van der Waals surface area contributed by atoms with Gasteiger partial charge < -0.3 is 15.4 Å². The van der Waals surface area contributed by atoms with E-state index in [1.54, 1.807) is 12.1 Å². The molecular weight excluding hydrogens is 314 g/mol. The van der Waals surface area contributed by atoms with Crippen molar-refractivity contribution in [3.8, 4) is 5.75 Å². The van der Waals surface area contributed by atoms with Crippen LogP contribution in [0.25, 0.3) is 0 Å². The van der Waals surface area contributed by atoms with E-state index in [0.717, 1.165) is 31.2 Å². The molecule has 4 rings (SSSR count). The number of urea groups is 1. The van der Waals surface area contributed by atoms with Gasteiger partial charge in [0.1, 0.15) is 5.75 Å². The molecule has 0 unspecified atom stereocenters. The summed E-state index contributed by atoms with van der Waals surface area (Å²) >= 11 is 0. The molecule has 1 spiro atoms. The average molecular weight is 336 g/mol. The Morgan fingerprint density at radius 3 is 2.54 bits per heavy atom. The van der Waals surface area contributed by atoms with Crippen molar-refractivity contribution in [1.82, 2.24) is 10.6 Å². The van der Waals surface area contributed by atoms with Crippen LogP contribution in [0.4, 0.5) is 13.6 Å². The molecular formula is C18H22F2N2O2. The molecule has 0 aromatic heterocycles. The molecule has 4 nitrogen and oxygen atoms in total. The summed E-state index contributed by atoms with van der Waals surface area (Å²) < 4.78 is 29.2. The van der Waals surface area contributed by atoms with Crippen LogP contribution in [0.2, 0.25) is 0 Å². The molecule has 3 aliphatic carbocycles. The summed E-state index contributed by atoms with van der Waals surface area (Å²) in [6, 6.07) is 6.73. The van der Waals surface area contributed by atoms with Crippen LogP contribution in [0.15, 0.2) is 24.3 Å². The molecule has 6 heteroatoms. The molecule has 3 fully saturated rings. The first-order chi connectivity index (χ1) is 11.5. The second kappa shape index (κ2) is 5.60. The molecule has 0 bridgehead atoms. The van der Waals surface area contributed by atoms with Gasteiger partial charge in [-0.05, 0) is 61.6 Å². The minimum atomic E-state index is -2.84. The quantitative estimate of drug-likeness (QED) is 0.856. The van der Waals surface area contributed by atoms with Crippen molar-refractivity contribution >= 4 is 6.03 Å². The number of halogens is 2. The van der Waals surface area contributed by atoms with Crippen LogP contribution in [-0.4, -0.2) is 18.7 Å². The fraction of sp³-hybridized carbons (Fsp3) is 0.611. The van der Waals surface area contributed by atoms with Crippen LogP contribution in [-0.2, 0) is 5.54 Å². The summed E-state index contributed by atoms with van der Waals surface area (Å²) in [5.74, 6) is 0.127. The van der Waals surface area contributed by atoms with E-state index in [1.165, 1.54) is 25.3 Å². The Morgan fingerprint density at radius 2 is 1.96 bits per heavy atom. The van der Waals surface area contributed by atoms with Gasteiger partial charge in [0.2, 0.25) is 0 Å². The van der Waals surface area contributed by atoms with Gasteiger partial charge in [-0.1, -0.05) is 18.6 Å². The van der Waals surface area contributed by atoms with E-state index in [0.29, 0.717) is 5.41 Å². The van der Waals surface area contributed by atoms with E-state index >= 15 is 0 Å². The Kier molecular flexibility index (Phi) is 3.66. The van der Waals surface area contributed by atoms with Crippen molar-refractivity contribution in [2.45, 2.75) is 63.1 Å². The number of hydrogen-bond donors (Lipinski definition) is 2. The van der Waals surface area contributed by atoms with Crippen molar-refractivity contribution in [3.63, 3.8) is 0 Å². The van der Waals surface area contributed by atoms with Gasteiger partial charge in [0.05, 0.1) is 5.54 Å². The van der Waals surface area contributed by atoms with Gasteiger partial charge in [-0.15, -0.1) is 0 Å². The van der Waals surface area contributed by atoms with Crippen LogP contribution in [0, 0.1) is 5.41 Å². The maximum Gasteiger partial charge on any atom is 0.387 e. The number of nitrogens with one attached hydrogen (secondary N) is 2. The number of ether oxygens (including phenoxy) is 1. The van der Waals surface area contributed by atoms with Gasteiger partial charge in [-0.3, -0.25) is 0 Å². The third-order valence-corrected chi connectivity index (χ3v) is 5.82. The standard InChI is InChI=1S/C18H22F2N2O2/c19-15(20)24-14-4-1-3-12(9-14)18(7-8-18)22-16(23)21-13-10-17(11-13)5-2-6-17/h1,3-4,9,13,15H,2,5-8,10-11H2,(H2,21,22,23). The molecule has 3 aliphatic rings. The maximum atomic E-state index is 12.4. The highest BCUT2D eigenvalue weighted by molar-refractivity contribution is 5.76. The lowest BCUT2D eigenvalue weighted by Crippen LogP contribution is -2.56. The van der Waals surface area contributed by atoms with Gasteiger partial charge in [0, 0.05) is 6.04 Å². The summed E-state index contributed by atoms with van der Waals surface area (Å²) in [6.45, 7) is -2.84. The maximum absolute atomic E-state index is 12.4. The van der Waals surface area contributed by atoms with Crippen molar-refractivity contribution in [3.05, 3.63) is 29.8 Å². The van der Waals surface area contributed by atoms with Gasteiger partial charge in [0.25, 0.3) is 0 Å². The number of carbonyl (C=O) groups excluding carboxylic acids is 1. The van der Waals surface area contributed by atoms with E-state index < -0.39 is 12.2 Å². The zero-order chi connectivity index (χ0) is 16.8. The zero-order valence-corrected chi connectivity index (χ0v) is 13.5. The van der Waals surface area contributed by atoms with Crippen LogP contribution < -0.4 is 15.4 Å². The molecule has 2 N–H and O–H groups in total. The first-order valence-electron chi connectivity index (χ1n) is 8.63. The fourth-order valence-corrected chi connectivity index (χ4v) is 4.19. The lowest BCUT2D eigenvalue weighted by Gasteiger charge is -2.54. The molecule has 24 heavy (non-hydrogen) atoms. The molecule has 0 heterocycles. The molecule has 130 valence electrons. The summed E-state index contributed by atoms with van der Waals surface area (Å²) in [4.78, 5) is 12.3. The summed E-state index contributed by atoms with van der Waals surface area (Å²) in [6.07, 6.45) is 7.72. The van der Waals surface area contributed by atoms with Crippen molar-refractivity contribution in [2.24, 2.45) is 5.41 Å². The second-order valence-corrected chi connectivity index (χ2v) is 7.55. The zero-order valence-electron chi connectivity index (χ0n) is 13.5. The minimum Gasteiger partial charge on any atom is -0.435 e. The van der Waals surface area contributed by atoms with Crippen LogP contribution in [0.3, 0.4) is 0 Å². The second-order valence-electron chi connectivity index (χ2n) is 7.55. The van der Waals surface area contributed by atoms with Crippen molar-refractivity contribution in [1.29, 1.82) is 0 Å². The molecule has 1 aromatic carbocycles. The van der Waals surface area contributed by atoms with Crippen LogP contribution >= 0.6 is 0 Å². The lowest BCUT2D eigenvalue weighted by molar-refractivity contribution is -0.0499. The number of amides is 2. The van der Waals surface area contributed by atoms with E-state index in [4.69, 9.17) is 0 Å². The smallest absolute Gasteiger partial charge is 0.387 e. The predicted molar refractivity (Wildman–Crippen MR) is 85.0 cm³/mol. The molecule has 0 saturated heterocycles. The number of rotatable bonds is 5. The Hall–Kier alpha value is -1.85. The Morgan fingerprint density at radius 1 is 1.21 bits per heavy atom. The SMILES string of the molecule is O=C(NC1CC2(CCC2)C1)NC1(c2cccc(OC(F)F)c2)CC1. The topological polar surface area (TPSA) is 50.4 Å². The normalized spacial score (nSPS) is 23.3. The van der Waals surface area contributed by atoms with Gasteiger partial charge in [-0.2, -0.15) is 8.78 Å². The highest BCUT2D eigenvalue weighted by Crippen LogP contribution is 2.55. The summed E-state index contributed by atoms with van der Waals surface area (Å²) in [5, 5.41) is 6.08. The number of hydrogen-bond acceptors (Lipinski definition) is 2. The first kappa shape index (κ1) is 15.7. The van der Waals surface area contributed by atoms with E-state index in [1.807, 2.05) is 6.07 Å². The summed E-state index contributed by atoms with van der Waals surface area (Å²) in [5.41, 5.74) is 0.902. The minimum absolute atomic E-state index is 0.127. The molecule has 2 amide bonds. The lowest BCUT2D eigenvalue weighted by atomic mass is 9.54. The number of carbonyl (C=O) groups is 1. The molecule has 0 radical (unpaired) electrons. The van der Waals surface area contributed by atoms with Gasteiger partial charge >= 0.3 is 12.6 Å². The third-order valence-electron chi connectivity index (χ3n) is 5.82. The van der Waals surface area contributed by atoms with Gasteiger partial charge in [-0.25, -0.2) is 4.79 Å².